The van der Waals surface area contributed by atoms with Crippen molar-refractivity contribution >= 4 is 43.0 Å². The van der Waals surface area contributed by atoms with Gasteiger partial charge in [0.1, 0.15) is 6.54 Å². The van der Waals surface area contributed by atoms with Crippen LogP contribution in [0.4, 0.5) is 30.2 Å². The summed E-state index contributed by atoms with van der Waals surface area (Å²) in [5.41, 5.74) is 0.793. The van der Waals surface area contributed by atoms with E-state index in [-0.39, 0.29) is 16.3 Å². The number of alkyl halides is 3. The zero-order chi connectivity index (χ0) is 27.6. The third-order valence-electron chi connectivity index (χ3n) is 5.23. The molecule has 3 aromatic carbocycles. The molecule has 0 aromatic heterocycles. The number of aryl methyl sites for hydroxylation is 2. The molecule has 0 fully saturated rings. The normalized spacial score (nSPS) is 12.2. The first kappa shape index (κ1) is 28.0. The maximum Gasteiger partial charge on any atom is 0.416 e. The first-order chi connectivity index (χ1) is 17.1. The van der Waals surface area contributed by atoms with Crippen molar-refractivity contribution in [1.29, 1.82) is 0 Å². The number of carbonyl (C=O) groups is 1. The fourth-order valence-corrected chi connectivity index (χ4v) is 5.31. The number of anilines is 3. The molecule has 0 aliphatic heterocycles. The van der Waals surface area contributed by atoms with Crippen LogP contribution < -0.4 is 14.3 Å². The van der Waals surface area contributed by atoms with Gasteiger partial charge in [-0.2, -0.15) is 13.2 Å². The minimum Gasteiger partial charge on any atom is -0.325 e. The van der Waals surface area contributed by atoms with E-state index < -0.39 is 44.2 Å². The standard InChI is InChI=1S/C24H24F3N3O5S2/c1-16-7-8-17(2)22(13-16)29-37(34,35)21-11-9-19(10-12-21)28-23(31)15-30(36(3,32)33)20-6-4-5-18(14-20)24(25,26)27/h4-14,29H,15H2,1-3H3,(H,28,31). The Bertz CT molecular complexity index is 1520. The molecule has 0 atom stereocenters. The van der Waals surface area contributed by atoms with E-state index in [1.165, 1.54) is 24.3 Å². The van der Waals surface area contributed by atoms with Gasteiger partial charge in [-0.25, -0.2) is 16.8 Å². The SMILES string of the molecule is Cc1ccc(C)c(NS(=O)(=O)c2ccc(NC(=O)CN(c3cccc(C(F)(F)F)c3)S(C)(=O)=O)cc2)c1. The molecule has 0 unspecified atom stereocenters. The van der Waals surface area contributed by atoms with Crippen LogP contribution >= 0.6 is 0 Å². The van der Waals surface area contributed by atoms with Crippen molar-refractivity contribution in [2.24, 2.45) is 0 Å². The lowest BCUT2D eigenvalue weighted by atomic mass is 10.1. The van der Waals surface area contributed by atoms with E-state index >= 15 is 0 Å². The van der Waals surface area contributed by atoms with Crippen LogP contribution in [-0.4, -0.2) is 35.5 Å². The summed E-state index contributed by atoms with van der Waals surface area (Å²) >= 11 is 0. The number of halogens is 3. The van der Waals surface area contributed by atoms with Crippen LogP contribution in [0, 0.1) is 13.8 Å². The summed E-state index contributed by atoms with van der Waals surface area (Å²) < 4.78 is 92.2. The van der Waals surface area contributed by atoms with E-state index in [1.54, 1.807) is 19.1 Å². The summed E-state index contributed by atoms with van der Waals surface area (Å²) in [6, 6.07) is 14.1. The van der Waals surface area contributed by atoms with Gasteiger partial charge >= 0.3 is 6.18 Å². The first-order valence-electron chi connectivity index (χ1n) is 10.7. The molecule has 2 N–H and O–H groups in total. The van der Waals surface area contributed by atoms with Gasteiger partial charge in [0.25, 0.3) is 10.0 Å². The highest BCUT2D eigenvalue weighted by atomic mass is 32.2. The van der Waals surface area contributed by atoms with E-state index in [2.05, 4.69) is 10.0 Å². The molecule has 0 heterocycles. The van der Waals surface area contributed by atoms with Crippen molar-refractivity contribution in [3.8, 4) is 0 Å². The molecular formula is C24H24F3N3O5S2. The Balaban J connectivity index is 1.75. The van der Waals surface area contributed by atoms with Crippen molar-refractivity contribution in [2.75, 3.05) is 27.1 Å². The number of nitrogens with zero attached hydrogens (tertiary/aromatic N) is 1. The third kappa shape index (κ3) is 7.23. The van der Waals surface area contributed by atoms with Crippen molar-refractivity contribution in [1.82, 2.24) is 0 Å². The van der Waals surface area contributed by atoms with Gasteiger partial charge in [-0.15, -0.1) is 0 Å². The molecular weight excluding hydrogens is 531 g/mol. The lowest BCUT2D eigenvalue weighted by Gasteiger charge is -2.23. The van der Waals surface area contributed by atoms with Crippen LogP contribution in [0.15, 0.2) is 71.6 Å². The number of rotatable bonds is 8. The van der Waals surface area contributed by atoms with Gasteiger partial charge in [0.2, 0.25) is 15.9 Å². The van der Waals surface area contributed by atoms with Crippen LogP contribution in [0.3, 0.4) is 0 Å². The van der Waals surface area contributed by atoms with Gasteiger partial charge in [0.05, 0.1) is 28.1 Å². The predicted molar refractivity (Wildman–Crippen MR) is 135 cm³/mol. The zero-order valence-electron chi connectivity index (χ0n) is 20.0. The molecule has 0 radical (unpaired) electrons. The molecule has 1 amide bonds. The minimum atomic E-state index is -4.70. The Morgan fingerprint density at radius 3 is 2.16 bits per heavy atom. The Labute approximate surface area is 213 Å². The lowest BCUT2D eigenvalue weighted by molar-refractivity contribution is -0.137. The number of sulfonamides is 2. The number of amides is 1. The molecule has 198 valence electrons. The number of nitrogens with one attached hydrogen (secondary N) is 2. The quantitative estimate of drug-likeness (QED) is 0.424. The molecule has 3 aromatic rings. The molecule has 13 heteroatoms. The highest BCUT2D eigenvalue weighted by Gasteiger charge is 2.32. The molecule has 0 aliphatic carbocycles. The number of hydrogen-bond acceptors (Lipinski definition) is 5. The van der Waals surface area contributed by atoms with Crippen molar-refractivity contribution in [3.63, 3.8) is 0 Å². The van der Waals surface area contributed by atoms with Gasteiger partial charge in [-0.3, -0.25) is 13.8 Å². The van der Waals surface area contributed by atoms with Crippen LogP contribution in [0.25, 0.3) is 0 Å². The van der Waals surface area contributed by atoms with Gasteiger partial charge in [0, 0.05) is 5.69 Å². The Morgan fingerprint density at radius 2 is 1.57 bits per heavy atom. The van der Waals surface area contributed by atoms with E-state index in [9.17, 15) is 34.8 Å². The average molecular weight is 556 g/mol. The fraction of sp³-hybridized carbons (Fsp3) is 0.208. The largest absolute Gasteiger partial charge is 0.416 e. The summed E-state index contributed by atoms with van der Waals surface area (Å²) in [4.78, 5) is 12.5. The van der Waals surface area contributed by atoms with E-state index in [0.29, 0.717) is 16.1 Å². The number of hydrogen-bond donors (Lipinski definition) is 2. The van der Waals surface area contributed by atoms with Crippen LogP contribution in [-0.2, 0) is 31.0 Å². The predicted octanol–water partition coefficient (Wildman–Crippen LogP) is 4.53. The topological polar surface area (TPSA) is 113 Å². The Kier molecular flexibility index (Phi) is 7.89. The molecule has 8 nitrogen and oxygen atoms in total. The van der Waals surface area contributed by atoms with Crippen molar-refractivity contribution < 1.29 is 34.8 Å². The molecule has 0 aliphatic rings. The van der Waals surface area contributed by atoms with E-state index in [1.807, 2.05) is 13.0 Å². The smallest absolute Gasteiger partial charge is 0.325 e. The van der Waals surface area contributed by atoms with Crippen molar-refractivity contribution in [2.45, 2.75) is 24.9 Å². The summed E-state index contributed by atoms with van der Waals surface area (Å²) in [6.45, 7) is 2.79. The Morgan fingerprint density at radius 1 is 0.919 bits per heavy atom. The Hall–Kier alpha value is -3.58. The molecule has 0 bridgehead atoms. The molecule has 3 rings (SSSR count). The maximum absolute atomic E-state index is 13.1. The zero-order valence-corrected chi connectivity index (χ0v) is 21.6. The number of carbonyl (C=O) groups excluding carboxylic acids is 1. The van der Waals surface area contributed by atoms with Crippen molar-refractivity contribution in [3.05, 3.63) is 83.4 Å². The number of benzene rings is 3. The third-order valence-corrected chi connectivity index (χ3v) is 7.76. The second-order valence-electron chi connectivity index (χ2n) is 8.31. The second-order valence-corrected chi connectivity index (χ2v) is 11.9. The summed E-state index contributed by atoms with van der Waals surface area (Å²) in [7, 11) is -8.04. The van der Waals surface area contributed by atoms with Gasteiger partial charge in [-0.1, -0.05) is 18.2 Å². The molecule has 37 heavy (non-hydrogen) atoms. The van der Waals surface area contributed by atoms with Crippen LogP contribution in [0.5, 0.6) is 0 Å². The van der Waals surface area contributed by atoms with Crippen LogP contribution in [0.1, 0.15) is 16.7 Å². The maximum atomic E-state index is 13.1. The highest BCUT2D eigenvalue weighted by molar-refractivity contribution is 7.92. The lowest BCUT2D eigenvalue weighted by Crippen LogP contribution is -2.37. The molecule has 0 saturated heterocycles. The first-order valence-corrected chi connectivity index (χ1v) is 14.0. The summed E-state index contributed by atoms with van der Waals surface area (Å²) in [5.74, 6) is -0.841. The average Bonchev–Trinajstić information content (AvgIpc) is 2.79. The summed E-state index contributed by atoms with van der Waals surface area (Å²) in [6.07, 6.45) is -3.93. The molecule has 0 spiro atoms. The van der Waals surface area contributed by atoms with Gasteiger partial charge < -0.3 is 5.32 Å². The van der Waals surface area contributed by atoms with E-state index in [0.717, 1.165) is 35.6 Å². The van der Waals surface area contributed by atoms with Gasteiger partial charge in [0.15, 0.2) is 0 Å². The highest BCUT2D eigenvalue weighted by Crippen LogP contribution is 2.32. The van der Waals surface area contributed by atoms with Crippen LogP contribution in [0.2, 0.25) is 0 Å². The molecule has 0 saturated carbocycles. The van der Waals surface area contributed by atoms with E-state index in [4.69, 9.17) is 0 Å². The fourth-order valence-electron chi connectivity index (χ4n) is 3.34. The second kappa shape index (κ2) is 10.4. The summed E-state index contributed by atoms with van der Waals surface area (Å²) in [5, 5.41) is 2.42. The minimum absolute atomic E-state index is 0.0758. The van der Waals surface area contributed by atoms with Gasteiger partial charge in [-0.05, 0) is 73.5 Å². The monoisotopic (exact) mass is 555 g/mol.